The van der Waals surface area contributed by atoms with Crippen molar-refractivity contribution in [1.29, 1.82) is 0 Å². The summed E-state index contributed by atoms with van der Waals surface area (Å²) in [5.74, 6) is 0.0544. The number of likely N-dealkylation sites (tertiary alicyclic amines) is 1. The van der Waals surface area contributed by atoms with Gasteiger partial charge in [-0.1, -0.05) is 34.5 Å². The SMILES string of the molecule is C[C@@H](Oc1ccc2nc(NC(=O)NCCN3CCCC3)sc2c1)c1c(F)ccc(Cl)c1Cl. The minimum atomic E-state index is -0.648. The van der Waals surface area contributed by atoms with E-state index in [0.29, 0.717) is 17.4 Å². The first-order chi connectivity index (χ1) is 15.4. The molecule has 10 heteroatoms. The fourth-order valence-corrected chi connectivity index (χ4v) is 5.05. The number of benzene rings is 2. The first-order valence-corrected chi connectivity index (χ1v) is 12.0. The van der Waals surface area contributed by atoms with Crippen molar-refractivity contribution >= 4 is 55.9 Å². The van der Waals surface area contributed by atoms with Gasteiger partial charge in [-0.05, 0) is 63.2 Å². The van der Waals surface area contributed by atoms with E-state index in [1.54, 1.807) is 25.1 Å². The molecular formula is C22H23Cl2FN4O2S. The molecule has 170 valence electrons. The van der Waals surface area contributed by atoms with Crippen LogP contribution < -0.4 is 15.4 Å². The Morgan fingerprint density at radius 3 is 2.84 bits per heavy atom. The molecule has 2 N–H and O–H groups in total. The molecule has 1 aromatic heterocycles. The number of carbonyl (C=O) groups is 1. The summed E-state index contributed by atoms with van der Waals surface area (Å²) >= 11 is 13.5. The molecule has 0 bridgehead atoms. The van der Waals surface area contributed by atoms with Gasteiger partial charge < -0.3 is 15.0 Å². The molecule has 0 saturated carbocycles. The fraction of sp³-hybridized carbons (Fsp3) is 0.364. The monoisotopic (exact) mass is 496 g/mol. The van der Waals surface area contributed by atoms with E-state index in [1.165, 1.54) is 36.3 Å². The van der Waals surface area contributed by atoms with Crippen LogP contribution >= 0.6 is 34.5 Å². The van der Waals surface area contributed by atoms with E-state index in [4.69, 9.17) is 27.9 Å². The van der Waals surface area contributed by atoms with Gasteiger partial charge in [0.15, 0.2) is 5.13 Å². The number of hydrogen-bond donors (Lipinski definition) is 2. The Kier molecular flexibility index (Phi) is 7.35. The zero-order chi connectivity index (χ0) is 22.7. The summed E-state index contributed by atoms with van der Waals surface area (Å²) in [5.41, 5.74) is 0.936. The maximum atomic E-state index is 14.3. The molecule has 0 unspecified atom stereocenters. The minimum Gasteiger partial charge on any atom is -0.486 e. The second kappa shape index (κ2) is 10.2. The molecule has 0 radical (unpaired) electrons. The highest BCUT2D eigenvalue weighted by atomic mass is 35.5. The second-order valence-electron chi connectivity index (χ2n) is 7.60. The van der Waals surface area contributed by atoms with Gasteiger partial charge in [0.2, 0.25) is 0 Å². The van der Waals surface area contributed by atoms with E-state index in [1.807, 2.05) is 0 Å². The van der Waals surface area contributed by atoms with Gasteiger partial charge in [0.1, 0.15) is 17.7 Å². The average Bonchev–Trinajstić information content (AvgIpc) is 3.40. The Balaban J connectivity index is 1.38. The fourth-order valence-electron chi connectivity index (χ4n) is 3.69. The van der Waals surface area contributed by atoms with Crippen molar-refractivity contribution in [1.82, 2.24) is 15.2 Å². The van der Waals surface area contributed by atoms with Crippen molar-refractivity contribution in [2.75, 3.05) is 31.5 Å². The molecule has 2 amide bonds. The van der Waals surface area contributed by atoms with Gasteiger partial charge >= 0.3 is 6.03 Å². The van der Waals surface area contributed by atoms with Crippen LogP contribution in [0, 0.1) is 5.82 Å². The van der Waals surface area contributed by atoms with Crippen LogP contribution in [0.3, 0.4) is 0 Å². The minimum absolute atomic E-state index is 0.139. The van der Waals surface area contributed by atoms with Crippen LogP contribution in [0.2, 0.25) is 10.0 Å². The van der Waals surface area contributed by atoms with Crippen LogP contribution in [0.25, 0.3) is 10.2 Å². The number of hydrogen-bond acceptors (Lipinski definition) is 5. The van der Waals surface area contributed by atoms with Gasteiger partial charge in [0.05, 0.1) is 20.3 Å². The van der Waals surface area contributed by atoms with Crippen molar-refractivity contribution in [3.63, 3.8) is 0 Å². The Bertz CT molecular complexity index is 1120. The van der Waals surface area contributed by atoms with Crippen LogP contribution in [-0.4, -0.2) is 42.1 Å². The van der Waals surface area contributed by atoms with E-state index < -0.39 is 11.9 Å². The molecule has 2 heterocycles. The van der Waals surface area contributed by atoms with Crippen LogP contribution in [0.1, 0.15) is 31.4 Å². The number of amides is 2. The highest BCUT2D eigenvalue weighted by Crippen LogP contribution is 2.36. The van der Waals surface area contributed by atoms with E-state index in [2.05, 4.69) is 20.5 Å². The molecule has 6 nitrogen and oxygen atoms in total. The Labute approximate surface area is 199 Å². The van der Waals surface area contributed by atoms with Crippen molar-refractivity contribution in [3.05, 3.63) is 51.8 Å². The number of nitrogens with zero attached hydrogens (tertiary/aromatic N) is 2. The van der Waals surface area contributed by atoms with Crippen LogP contribution in [0.5, 0.6) is 5.75 Å². The number of urea groups is 1. The van der Waals surface area contributed by atoms with Crippen molar-refractivity contribution in [2.45, 2.75) is 25.9 Å². The Morgan fingerprint density at radius 2 is 2.06 bits per heavy atom. The summed E-state index contributed by atoms with van der Waals surface area (Å²) in [6.07, 6.45) is 1.80. The van der Waals surface area contributed by atoms with Gasteiger partial charge in [-0.3, -0.25) is 5.32 Å². The smallest absolute Gasteiger partial charge is 0.321 e. The first kappa shape index (κ1) is 23.0. The lowest BCUT2D eigenvalue weighted by atomic mass is 10.1. The standard InChI is InChI=1S/C22H23Cl2FN4O2S/c1-13(19-16(25)6-5-15(23)20(19)24)31-14-4-7-17-18(12-14)32-22(27-17)28-21(30)26-8-11-29-9-2-3-10-29/h4-7,12-13H,2-3,8-11H2,1H3,(H2,26,27,28,30)/t13-/m1/s1. The van der Waals surface area contributed by atoms with Gasteiger partial charge in [-0.25, -0.2) is 14.2 Å². The molecule has 3 aromatic rings. The third kappa shape index (κ3) is 5.43. The highest BCUT2D eigenvalue weighted by Gasteiger charge is 2.19. The van der Waals surface area contributed by atoms with Crippen LogP contribution in [0.4, 0.5) is 14.3 Å². The highest BCUT2D eigenvalue weighted by molar-refractivity contribution is 7.22. The van der Waals surface area contributed by atoms with Crippen molar-refractivity contribution in [2.24, 2.45) is 0 Å². The molecule has 0 aliphatic carbocycles. The zero-order valence-electron chi connectivity index (χ0n) is 17.5. The zero-order valence-corrected chi connectivity index (χ0v) is 19.8. The molecule has 1 fully saturated rings. The second-order valence-corrected chi connectivity index (χ2v) is 9.41. The van der Waals surface area contributed by atoms with Gasteiger partial charge in [0, 0.05) is 18.7 Å². The molecule has 4 rings (SSSR count). The normalized spacial score (nSPS) is 15.1. The molecule has 2 aromatic carbocycles. The predicted molar refractivity (Wildman–Crippen MR) is 128 cm³/mol. The Hall–Kier alpha value is -2.13. The molecule has 1 saturated heterocycles. The van der Waals surface area contributed by atoms with Gasteiger partial charge in [0.25, 0.3) is 0 Å². The lowest BCUT2D eigenvalue weighted by molar-refractivity contribution is 0.222. The summed E-state index contributed by atoms with van der Waals surface area (Å²) in [5, 5.41) is 6.55. The summed E-state index contributed by atoms with van der Waals surface area (Å²) in [6.45, 7) is 5.34. The number of nitrogens with one attached hydrogen (secondary N) is 2. The molecule has 1 aliphatic heterocycles. The van der Waals surface area contributed by atoms with Crippen molar-refractivity contribution in [3.8, 4) is 5.75 Å². The number of fused-ring (bicyclic) bond motifs is 1. The number of thiazole rings is 1. The lowest BCUT2D eigenvalue weighted by Gasteiger charge is -2.17. The maximum Gasteiger partial charge on any atom is 0.321 e. The molecule has 1 aliphatic rings. The van der Waals surface area contributed by atoms with Crippen LogP contribution in [-0.2, 0) is 0 Å². The predicted octanol–water partition coefficient (Wildman–Crippen LogP) is 6.10. The summed E-state index contributed by atoms with van der Waals surface area (Å²) in [6, 6.07) is 7.74. The molecule has 0 spiro atoms. The van der Waals surface area contributed by atoms with E-state index in [-0.39, 0.29) is 21.6 Å². The third-order valence-corrected chi connectivity index (χ3v) is 7.04. The molecule has 32 heavy (non-hydrogen) atoms. The van der Waals surface area contributed by atoms with Crippen molar-refractivity contribution < 1.29 is 13.9 Å². The summed E-state index contributed by atoms with van der Waals surface area (Å²) < 4.78 is 21.0. The van der Waals surface area contributed by atoms with E-state index >= 15 is 0 Å². The first-order valence-electron chi connectivity index (χ1n) is 10.4. The number of anilines is 1. The van der Waals surface area contributed by atoms with Crippen LogP contribution in [0.15, 0.2) is 30.3 Å². The molecule has 1 atom stereocenters. The number of halogens is 3. The quantitative estimate of drug-likeness (QED) is 0.387. The maximum absolute atomic E-state index is 14.3. The summed E-state index contributed by atoms with van der Waals surface area (Å²) in [7, 11) is 0. The van der Waals surface area contributed by atoms with Gasteiger partial charge in [-0.15, -0.1) is 0 Å². The molecular weight excluding hydrogens is 474 g/mol. The lowest BCUT2D eigenvalue weighted by Crippen LogP contribution is -2.35. The largest absolute Gasteiger partial charge is 0.486 e. The third-order valence-electron chi connectivity index (χ3n) is 5.29. The Morgan fingerprint density at radius 1 is 1.28 bits per heavy atom. The number of rotatable bonds is 7. The average molecular weight is 497 g/mol. The van der Waals surface area contributed by atoms with E-state index in [0.717, 1.165) is 29.9 Å². The number of aromatic nitrogens is 1. The summed E-state index contributed by atoms with van der Waals surface area (Å²) in [4.78, 5) is 18.9. The van der Waals surface area contributed by atoms with Gasteiger partial charge in [-0.2, -0.15) is 0 Å². The number of carbonyl (C=O) groups excluding carboxylic acids is 1. The number of ether oxygens (including phenoxy) is 1. The topological polar surface area (TPSA) is 66.5 Å². The van der Waals surface area contributed by atoms with E-state index in [9.17, 15) is 9.18 Å².